The van der Waals surface area contributed by atoms with E-state index in [0.717, 1.165) is 17.7 Å². The molecule has 0 fully saturated rings. The molecule has 0 saturated heterocycles. The van der Waals surface area contributed by atoms with E-state index in [4.69, 9.17) is 9.47 Å². The third kappa shape index (κ3) is 7.64. The van der Waals surface area contributed by atoms with Crippen LogP contribution in [0.1, 0.15) is 32.8 Å². The maximum atomic E-state index is 10.6. The fourth-order valence-electron chi connectivity index (χ4n) is 2.85. The number of halogens is 1. The number of hydrogen-bond acceptors (Lipinski definition) is 4. The molecule has 0 aliphatic rings. The SMILES string of the molecule is COc1ccc(COC[C@@H](C)[C@@H](O)[C@@H](C)[C@@H](CO)C/C(C)=C\I)cc1. The van der Waals surface area contributed by atoms with Crippen molar-refractivity contribution < 1.29 is 19.7 Å². The second kappa shape index (κ2) is 11.9. The lowest BCUT2D eigenvalue weighted by Crippen LogP contribution is -2.34. The Balaban J connectivity index is 2.47. The van der Waals surface area contributed by atoms with Crippen LogP contribution in [0.4, 0.5) is 0 Å². The third-order valence-corrected chi connectivity index (χ3v) is 5.74. The van der Waals surface area contributed by atoms with Crippen LogP contribution >= 0.6 is 22.6 Å². The molecule has 1 aromatic carbocycles. The van der Waals surface area contributed by atoms with Crippen molar-refractivity contribution in [1.29, 1.82) is 0 Å². The number of ether oxygens (including phenoxy) is 2. The molecule has 0 spiro atoms. The van der Waals surface area contributed by atoms with Crippen molar-refractivity contribution in [1.82, 2.24) is 0 Å². The van der Waals surface area contributed by atoms with Crippen LogP contribution in [0.15, 0.2) is 33.9 Å². The highest BCUT2D eigenvalue weighted by atomic mass is 127. The van der Waals surface area contributed by atoms with Gasteiger partial charge in [-0.3, -0.25) is 0 Å². The summed E-state index contributed by atoms with van der Waals surface area (Å²) in [4.78, 5) is 0. The number of benzene rings is 1. The van der Waals surface area contributed by atoms with Gasteiger partial charge in [-0.25, -0.2) is 0 Å². The first-order valence-corrected chi connectivity index (χ1v) is 9.92. The van der Waals surface area contributed by atoms with E-state index in [-0.39, 0.29) is 24.4 Å². The summed E-state index contributed by atoms with van der Waals surface area (Å²) in [5.74, 6) is 0.902. The largest absolute Gasteiger partial charge is 0.497 e. The van der Waals surface area contributed by atoms with Gasteiger partial charge in [0.1, 0.15) is 5.75 Å². The molecule has 0 radical (unpaired) electrons. The second-order valence-electron chi connectivity index (χ2n) is 6.79. The predicted octanol–water partition coefficient (Wildman–Crippen LogP) is 4.18. The van der Waals surface area contributed by atoms with Gasteiger partial charge in [0.15, 0.2) is 0 Å². The molecule has 25 heavy (non-hydrogen) atoms. The fraction of sp³-hybridized carbons (Fsp3) is 0.600. The number of aliphatic hydroxyl groups is 2. The minimum Gasteiger partial charge on any atom is -0.497 e. The maximum Gasteiger partial charge on any atom is 0.118 e. The van der Waals surface area contributed by atoms with E-state index in [1.165, 1.54) is 5.57 Å². The molecular weight excluding hydrogens is 431 g/mol. The molecule has 0 unspecified atom stereocenters. The van der Waals surface area contributed by atoms with Gasteiger partial charge < -0.3 is 19.7 Å². The van der Waals surface area contributed by atoms with Gasteiger partial charge in [-0.05, 0) is 47.0 Å². The first-order valence-electron chi connectivity index (χ1n) is 8.68. The fourth-order valence-corrected chi connectivity index (χ4v) is 3.11. The topological polar surface area (TPSA) is 58.9 Å². The molecule has 0 aliphatic heterocycles. The molecule has 0 bridgehead atoms. The van der Waals surface area contributed by atoms with Crippen molar-refractivity contribution in [2.45, 2.75) is 39.9 Å². The van der Waals surface area contributed by atoms with Crippen molar-refractivity contribution in [2.75, 3.05) is 20.3 Å². The monoisotopic (exact) mass is 462 g/mol. The highest BCUT2D eigenvalue weighted by molar-refractivity contribution is 14.1. The van der Waals surface area contributed by atoms with Gasteiger partial charge in [0, 0.05) is 12.5 Å². The predicted molar refractivity (Wildman–Crippen MR) is 110 cm³/mol. The Hall–Kier alpha value is -0.630. The van der Waals surface area contributed by atoms with Crippen molar-refractivity contribution in [3.63, 3.8) is 0 Å². The zero-order valence-electron chi connectivity index (χ0n) is 15.6. The van der Waals surface area contributed by atoms with E-state index in [2.05, 4.69) is 29.5 Å². The molecular formula is C20H31IO4. The highest BCUT2D eigenvalue weighted by Crippen LogP contribution is 2.27. The normalized spacial score (nSPS) is 17.0. The quantitative estimate of drug-likeness (QED) is 0.485. The summed E-state index contributed by atoms with van der Waals surface area (Å²) >= 11 is 2.21. The van der Waals surface area contributed by atoms with Gasteiger partial charge in [0.05, 0.1) is 26.4 Å². The van der Waals surface area contributed by atoms with Crippen LogP contribution in [-0.2, 0) is 11.3 Å². The van der Waals surface area contributed by atoms with Gasteiger partial charge in [0.2, 0.25) is 0 Å². The summed E-state index contributed by atoms with van der Waals surface area (Å²) in [6, 6.07) is 7.77. The summed E-state index contributed by atoms with van der Waals surface area (Å²) in [7, 11) is 1.65. The minimum atomic E-state index is -0.505. The molecule has 2 N–H and O–H groups in total. The zero-order chi connectivity index (χ0) is 18.8. The standard InChI is InChI=1S/C20H31IO4/c1-14(10-21)9-18(11-22)16(3)20(23)15(2)12-25-13-17-5-7-19(24-4)8-6-17/h5-8,10,15-16,18,20,22-23H,9,11-13H2,1-4H3/b14-10-/t15-,16+,18-,20-/m1/s1. The van der Waals surface area contributed by atoms with E-state index < -0.39 is 6.10 Å². The summed E-state index contributed by atoms with van der Waals surface area (Å²) in [6.07, 6.45) is 0.298. The number of rotatable bonds is 11. The third-order valence-electron chi connectivity index (χ3n) is 4.68. The summed E-state index contributed by atoms with van der Waals surface area (Å²) in [5, 5.41) is 20.3. The van der Waals surface area contributed by atoms with Crippen LogP contribution in [-0.4, -0.2) is 36.6 Å². The molecule has 142 valence electrons. The van der Waals surface area contributed by atoms with Crippen LogP contribution in [0.2, 0.25) is 0 Å². The molecule has 0 saturated carbocycles. The molecule has 0 heterocycles. The molecule has 0 amide bonds. The van der Waals surface area contributed by atoms with Gasteiger partial charge in [0.25, 0.3) is 0 Å². The van der Waals surface area contributed by atoms with Crippen LogP contribution < -0.4 is 4.74 Å². The smallest absolute Gasteiger partial charge is 0.118 e. The average Bonchev–Trinajstić information content (AvgIpc) is 2.65. The summed E-state index contributed by atoms with van der Waals surface area (Å²) in [5.41, 5.74) is 2.30. The van der Waals surface area contributed by atoms with Gasteiger partial charge in [-0.15, -0.1) is 0 Å². The number of methoxy groups -OCH3 is 1. The Morgan fingerprint density at radius 1 is 1.24 bits per heavy atom. The molecule has 1 aromatic rings. The van der Waals surface area contributed by atoms with Gasteiger partial charge >= 0.3 is 0 Å². The molecule has 5 heteroatoms. The zero-order valence-corrected chi connectivity index (χ0v) is 17.8. The Kier molecular flexibility index (Phi) is 10.7. The molecule has 4 nitrogen and oxygen atoms in total. The van der Waals surface area contributed by atoms with E-state index in [1.54, 1.807) is 7.11 Å². The van der Waals surface area contributed by atoms with Gasteiger partial charge in [-0.1, -0.05) is 54.1 Å². The van der Waals surface area contributed by atoms with Crippen LogP contribution in [0.25, 0.3) is 0 Å². The Bertz CT molecular complexity index is 515. The van der Waals surface area contributed by atoms with Gasteiger partial charge in [-0.2, -0.15) is 0 Å². The van der Waals surface area contributed by atoms with Crippen molar-refractivity contribution >= 4 is 22.6 Å². The maximum absolute atomic E-state index is 10.6. The summed E-state index contributed by atoms with van der Waals surface area (Å²) < 4.78 is 12.9. The molecule has 4 atom stereocenters. The first-order chi connectivity index (χ1) is 11.9. The van der Waals surface area contributed by atoms with Crippen LogP contribution in [0, 0.1) is 17.8 Å². The second-order valence-corrected chi connectivity index (χ2v) is 7.42. The summed E-state index contributed by atoms with van der Waals surface area (Å²) in [6.45, 7) is 7.12. The van der Waals surface area contributed by atoms with Crippen molar-refractivity contribution in [3.05, 3.63) is 39.5 Å². The van der Waals surface area contributed by atoms with Crippen molar-refractivity contribution in [2.24, 2.45) is 17.8 Å². The molecule has 1 rings (SSSR count). The van der Waals surface area contributed by atoms with E-state index >= 15 is 0 Å². The lowest BCUT2D eigenvalue weighted by atomic mass is 9.81. The minimum absolute atomic E-state index is 0.00573. The van der Waals surface area contributed by atoms with Crippen LogP contribution in [0.5, 0.6) is 5.75 Å². The van der Waals surface area contributed by atoms with Crippen LogP contribution in [0.3, 0.4) is 0 Å². The lowest BCUT2D eigenvalue weighted by molar-refractivity contribution is -0.0180. The lowest BCUT2D eigenvalue weighted by Gasteiger charge is -2.30. The number of allylic oxidation sites excluding steroid dienone is 1. The van der Waals surface area contributed by atoms with E-state index in [1.807, 2.05) is 42.2 Å². The first kappa shape index (κ1) is 22.4. The Morgan fingerprint density at radius 2 is 1.88 bits per heavy atom. The Labute approximate surface area is 165 Å². The highest BCUT2D eigenvalue weighted by Gasteiger charge is 2.28. The Morgan fingerprint density at radius 3 is 2.40 bits per heavy atom. The molecule has 0 aliphatic carbocycles. The van der Waals surface area contributed by atoms with E-state index in [9.17, 15) is 10.2 Å². The van der Waals surface area contributed by atoms with Crippen molar-refractivity contribution in [3.8, 4) is 5.75 Å². The van der Waals surface area contributed by atoms with E-state index in [0.29, 0.717) is 13.2 Å². The average molecular weight is 462 g/mol. The number of aliphatic hydroxyl groups excluding tert-OH is 2. The number of hydrogen-bond donors (Lipinski definition) is 2. The molecule has 0 aromatic heterocycles.